The normalized spacial score (nSPS) is 11.1. The number of nitrogens with zero attached hydrogens (tertiary/aromatic N) is 4. The maximum atomic E-state index is 11.7. The summed E-state index contributed by atoms with van der Waals surface area (Å²) in [6.45, 7) is 4.19. The van der Waals surface area contributed by atoms with E-state index in [0.29, 0.717) is 23.6 Å². The molecule has 0 aliphatic heterocycles. The number of hydrogen-bond donors (Lipinski definition) is 1. The first-order valence-electron chi connectivity index (χ1n) is 9.28. The van der Waals surface area contributed by atoms with Gasteiger partial charge in [-0.2, -0.15) is 9.61 Å². The number of nitrogens with one attached hydrogen (secondary N) is 1. The number of carbonyl (C=O) groups excluding carboxylic acids is 1. The van der Waals surface area contributed by atoms with E-state index in [2.05, 4.69) is 20.6 Å². The summed E-state index contributed by atoms with van der Waals surface area (Å²) < 4.78 is 7.58. The van der Waals surface area contributed by atoms with Crippen LogP contribution in [0.15, 0.2) is 48.5 Å². The minimum Gasteiger partial charge on any atom is -0.486 e. The second-order valence-corrected chi connectivity index (χ2v) is 6.59. The highest BCUT2D eigenvalue weighted by Crippen LogP contribution is 2.22. The van der Waals surface area contributed by atoms with Gasteiger partial charge in [-0.25, -0.2) is 0 Å². The highest BCUT2D eigenvalue weighted by atomic mass is 16.5. The molecule has 2 aromatic carbocycles. The molecule has 7 nitrogen and oxygen atoms in total. The third-order valence-corrected chi connectivity index (χ3v) is 4.50. The van der Waals surface area contributed by atoms with Crippen molar-refractivity contribution in [1.82, 2.24) is 19.8 Å². The molecule has 0 radical (unpaired) electrons. The second-order valence-electron chi connectivity index (χ2n) is 6.59. The molecule has 4 aromatic rings. The van der Waals surface area contributed by atoms with E-state index in [0.717, 1.165) is 28.6 Å². The van der Waals surface area contributed by atoms with Crippen LogP contribution in [0.4, 0.5) is 5.69 Å². The number of anilines is 1. The number of carbonyl (C=O) groups is 1. The van der Waals surface area contributed by atoms with Crippen molar-refractivity contribution in [3.63, 3.8) is 0 Å². The molecular formula is C21H21N5O2. The quantitative estimate of drug-likeness (QED) is 0.553. The van der Waals surface area contributed by atoms with Gasteiger partial charge >= 0.3 is 0 Å². The first-order chi connectivity index (χ1) is 13.7. The van der Waals surface area contributed by atoms with Crippen molar-refractivity contribution in [2.45, 2.75) is 33.3 Å². The standard InChI is InChI=1S/C21H21N5O2/c1-3-6-20(27)22-15-9-11-16(12-10-15)28-13-19-23-24-21-18-8-5-4-7-17(18)14(2)25-26(19)21/h4-5,7-12H,3,6,13H2,1-2H3,(H,22,27). The summed E-state index contributed by atoms with van der Waals surface area (Å²) in [5.41, 5.74) is 2.38. The van der Waals surface area contributed by atoms with E-state index in [4.69, 9.17) is 4.74 Å². The van der Waals surface area contributed by atoms with E-state index >= 15 is 0 Å². The molecule has 0 saturated carbocycles. The number of benzene rings is 2. The molecule has 1 N–H and O–H groups in total. The molecule has 0 spiro atoms. The van der Waals surface area contributed by atoms with E-state index < -0.39 is 0 Å². The first-order valence-corrected chi connectivity index (χ1v) is 9.28. The lowest BCUT2D eigenvalue weighted by Gasteiger charge is -2.08. The van der Waals surface area contributed by atoms with Crippen molar-refractivity contribution in [3.05, 3.63) is 60.0 Å². The summed E-state index contributed by atoms with van der Waals surface area (Å²) in [5, 5.41) is 18.1. The van der Waals surface area contributed by atoms with E-state index in [-0.39, 0.29) is 12.5 Å². The molecule has 0 unspecified atom stereocenters. The Bertz CT molecular complexity index is 1130. The lowest BCUT2D eigenvalue weighted by Crippen LogP contribution is -2.10. The fourth-order valence-corrected chi connectivity index (χ4v) is 3.11. The van der Waals surface area contributed by atoms with Crippen LogP contribution in [0.3, 0.4) is 0 Å². The number of aryl methyl sites for hydroxylation is 1. The molecule has 142 valence electrons. The van der Waals surface area contributed by atoms with E-state index in [1.165, 1.54) is 0 Å². The van der Waals surface area contributed by atoms with Gasteiger partial charge in [0.2, 0.25) is 5.91 Å². The number of amides is 1. The Kier molecular flexibility index (Phi) is 4.89. The van der Waals surface area contributed by atoms with E-state index in [1.807, 2.05) is 62.4 Å². The van der Waals surface area contributed by atoms with Crippen molar-refractivity contribution < 1.29 is 9.53 Å². The van der Waals surface area contributed by atoms with Gasteiger partial charge in [0.15, 0.2) is 11.5 Å². The highest BCUT2D eigenvalue weighted by molar-refractivity contribution is 5.94. The van der Waals surface area contributed by atoms with E-state index in [1.54, 1.807) is 4.52 Å². The summed E-state index contributed by atoms with van der Waals surface area (Å²) in [7, 11) is 0. The third-order valence-electron chi connectivity index (χ3n) is 4.50. The third kappa shape index (κ3) is 3.51. The highest BCUT2D eigenvalue weighted by Gasteiger charge is 2.12. The number of hydrogen-bond acceptors (Lipinski definition) is 5. The lowest BCUT2D eigenvalue weighted by molar-refractivity contribution is -0.116. The van der Waals surface area contributed by atoms with Gasteiger partial charge in [0.25, 0.3) is 0 Å². The van der Waals surface area contributed by atoms with Crippen molar-refractivity contribution in [2.24, 2.45) is 0 Å². The Hall–Kier alpha value is -3.48. The van der Waals surface area contributed by atoms with Crippen LogP contribution in [-0.2, 0) is 11.4 Å². The molecule has 2 heterocycles. The Morgan fingerprint density at radius 2 is 1.82 bits per heavy atom. The Balaban J connectivity index is 1.51. The molecule has 1 amide bonds. The van der Waals surface area contributed by atoms with Gasteiger partial charge in [-0.05, 0) is 37.6 Å². The molecule has 0 atom stereocenters. The Morgan fingerprint density at radius 1 is 1.07 bits per heavy atom. The molecule has 0 fully saturated rings. The zero-order chi connectivity index (χ0) is 19.5. The van der Waals surface area contributed by atoms with Gasteiger partial charge in [0.05, 0.1) is 5.69 Å². The average Bonchev–Trinajstić information content (AvgIpc) is 3.11. The van der Waals surface area contributed by atoms with Crippen LogP contribution in [0.5, 0.6) is 5.75 Å². The largest absolute Gasteiger partial charge is 0.486 e. The number of fused-ring (bicyclic) bond motifs is 3. The van der Waals surface area contributed by atoms with Crippen molar-refractivity contribution in [1.29, 1.82) is 0 Å². The van der Waals surface area contributed by atoms with E-state index in [9.17, 15) is 4.79 Å². The predicted octanol–water partition coefficient (Wildman–Crippen LogP) is 3.90. The van der Waals surface area contributed by atoms with Gasteiger partial charge in [0, 0.05) is 22.9 Å². The zero-order valence-corrected chi connectivity index (χ0v) is 15.8. The number of aromatic nitrogens is 4. The summed E-state index contributed by atoms with van der Waals surface area (Å²) in [5.74, 6) is 1.33. The molecule has 0 saturated heterocycles. The fourth-order valence-electron chi connectivity index (χ4n) is 3.11. The molecule has 28 heavy (non-hydrogen) atoms. The van der Waals surface area contributed by atoms with Crippen LogP contribution >= 0.6 is 0 Å². The van der Waals surface area contributed by atoms with Gasteiger partial charge < -0.3 is 10.1 Å². The summed E-state index contributed by atoms with van der Waals surface area (Å²) in [6.07, 6.45) is 1.33. The Morgan fingerprint density at radius 3 is 2.57 bits per heavy atom. The van der Waals surface area contributed by atoms with Gasteiger partial charge in [-0.1, -0.05) is 31.2 Å². The number of ether oxygens (including phenoxy) is 1. The molecular weight excluding hydrogens is 354 g/mol. The van der Waals surface area contributed by atoms with Crippen LogP contribution in [-0.4, -0.2) is 25.7 Å². The van der Waals surface area contributed by atoms with Gasteiger partial charge in [-0.15, -0.1) is 10.2 Å². The van der Waals surface area contributed by atoms with Crippen LogP contribution < -0.4 is 10.1 Å². The predicted molar refractivity (Wildman–Crippen MR) is 107 cm³/mol. The SMILES string of the molecule is CCCC(=O)Nc1ccc(OCc2nnc3c4ccccc4c(C)nn23)cc1. The van der Waals surface area contributed by atoms with Gasteiger partial charge in [-0.3, -0.25) is 4.79 Å². The summed E-state index contributed by atoms with van der Waals surface area (Å²) >= 11 is 0. The smallest absolute Gasteiger partial charge is 0.224 e. The molecule has 7 heteroatoms. The maximum absolute atomic E-state index is 11.7. The molecule has 0 bridgehead atoms. The molecule has 4 rings (SSSR count). The molecule has 2 aromatic heterocycles. The summed E-state index contributed by atoms with van der Waals surface area (Å²) in [4.78, 5) is 11.7. The van der Waals surface area contributed by atoms with Gasteiger partial charge in [0.1, 0.15) is 12.4 Å². The maximum Gasteiger partial charge on any atom is 0.224 e. The number of rotatable bonds is 6. The minimum absolute atomic E-state index is 0.0137. The zero-order valence-electron chi connectivity index (χ0n) is 15.8. The monoisotopic (exact) mass is 375 g/mol. The lowest BCUT2D eigenvalue weighted by atomic mass is 10.1. The minimum atomic E-state index is 0.0137. The van der Waals surface area contributed by atoms with Crippen molar-refractivity contribution in [3.8, 4) is 5.75 Å². The second kappa shape index (κ2) is 7.64. The average molecular weight is 375 g/mol. The van der Waals surface area contributed by atoms with Crippen LogP contribution in [0.1, 0.15) is 31.3 Å². The van der Waals surface area contributed by atoms with Crippen molar-refractivity contribution in [2.75, 3.05) is 5.32 Å². The fraction of sp³-hybridized carbons (Fsp3) is 0.238. The first kappa shape index (κ1) is 17.9. The van der Waals surface area contributed by atoms with Crippen LogP contribution in [0.2, 0.25) is 0 Å². The topological polar surface area (TPSA) is 81.4 Å². The van der Waals surface area contributed by atoms with Crippen molar-refractivity contribution >= 4 is 28.0 Å². The molecule has 0 aliphatic rings. The molecule has 0 aliphatic carbocycles. The van der Waals surface area contributed by atoms with Crippen LogP contribution in [0.25, 0.3) is 16.4 Å². The van der Waals surface area contributed by atoms with Crippen LogP contribution in [0, 0.1) is 6.92 Å². The summed E-state index contributed by atoms with van der Waals surface area (Å²) in [6, 6.07) is 15.3. The Labute approximate surface area is 162 Å².